The molecule has 5 atom stereocenters. The summed E-state index contributed by atoms with van der Waals surface area (Å²) in [6, 6.07) is 0. The number of hydrogen-bond donors (Lipinski definition) is 6. The van der Waals surface area contributed by atoms with Crippen molar-refractivity contribution in [2.45, 2.75) is 30.4 Å². The van der Waals surface area contributed by atoms with Crippen LogP contribution in [0.5, 0.6) is 0 Å². The van der Waals surface area contributed by atoms with Gasteiger partial charge in [0.25, 0.3) is 0 Å². The third kappa shape index (κ3) is 3.09. The molecule has 0 unspecified atom stereocenters. The largest absolute Gasteiger partial charge is 0.402 e. The lowest BCUT2D eigenvalue weighted by Crippen LogP contribution is -2.66. The molecule has 1 aliphatic rings. The zero-order chi connectivity index (χ0) is 13.4. The predicted octanol–water partition coefficient (Wildman–Crippen LogP) is -4.07. The van der Waals surface area contributed by atoms with E-state index in [1.165, 1.54) is 0 Å². The van der Waals surface area contributed by atoms with E-state index in [9.17, 15) is 28.8 Å². The van der Waals surface area contributed by atoms with Gasteiger partial charge in [0.1, 0.15) is 18.3 Å². The highest BCUT2D eigenvalue weighted by Gasteiger charge is 2.56. The van der Waals surface area contributed by atoms with Gasteiger partial charge in [-0.3, -0.25) is 4.55 Å². The lowest BCUT2D eigenvalue weighted by molar-refractivity contribution is -0.422. The third-order valence-corrected chi connectivity index (χ3v) is 2.60. The van der Waals surface area contributed by atoms with Gasteiger partial charge < -0.3 is 30.3 Å². The smallest absolute Gasteiger partial charge is 0.394 e. The summed E-state index contributed by atoms with van der Waals surface area (Å²) in [5.74, 6) is -3.31. The maximum absolute atomic E-state index is 10.4. The zero-order valence-electron chi connectivity index (χ0n) is 8.24. The highest BCUT2D eigenvalue weighted by molar-refractivity contribution is 7.80. The van der Waals surface area contributed by atoms with E-state index in [1.54, 1.807) is 0 Å². The second kappa shape index (κ2) is 4.72. The fourth-order valence-corrected chi connectivity index (χ4v) is 1.78. The van der Waals surface area contributed by atoms with Crippen molar-refractivity contribution in [1.82, 2.24) is 0 Å². The van der Waals surface area contributed by atoms with Crippen molar-refractivity contribution >= 4 is 10.4 Å². The first-order valence-corrected chi connectivity index (χ1v) is 5.70. The Morgan fingerprint density at radius 3 is 2.18 bits per heavy atom. The van der Waals surface area contributed by atoms with Gasteiger partial charge in [-0.2, -0.15) is 12.6 Å². The van der Waals surface area contributed by atoms with E-state index in [1.807, 2.05) is 0 Å². The van der Waals surface area contributed by atoms with Crippen molar-refractivity contribution in [2.75, 3.05) is 6.61 Å². The minimum absolute atomic E-state index is 0.901. The van der Waals surface area contributed by atoms with Gasteiger partial charge in [0.05, 0.1) is 6.61 Å². The van der Waals surface area contributed by atoms with Crippen LogP contribution in [0.4, 0.5) is 0 Å². The Bertz CT molecular complexity index is 365. The van der Waals surface area contributed by atoms with Crippen molar-refractivity contribution < 1.29 is 47.4 Å². The summed E-state index contributed by atoms with van der Waals surface area (Å²) >= 11 is 0. The Kier molecular flexibility index (Phi) is 4.08. The average molecular weight is 276 g/mol. The maximum Gasteiger partial charge on any atom is 0.402 e. The molecule has 17 heavy (non-hydrogen) atoms. The first-order chi connectivity index (χ1) is 7.60. The standard InChI is InChI=1S/C6H12O10S/c7-1-2-3(8)4(9)5(10)6(11,15-2)16-17(12,13)14/h2-5,7-11H,1H2,(H,12,13,14)/t2-,3+,4+,5-,6-/m1/s1. The molecule has 1 fully saturated rings. The van der Waals surface area contributed by atoms with Gasteiger partial charge in [0.2, 0.25) is 0 Å². The number of aliphatic hydroxyl groups is 5. The van der Waals surface area contributed by atoms with Crippen LogP contribution in [0.1, 0.15) is 0 Å². The van der Waals surface area contributed by atoms with Gasteiger partial charge in [-0.1, -0.05) is 0 Å². The minimum Gasteiger partial charge on any atom is -0.394 e. The van der Waals surface area contributed by atoms with Gasteiger partial charge in [-0.25, -0.2) is 0 Å². The number of rotatable bonds is 3. The molecule has 102 valence electrons. The molecule has 0 saturated carbocycles. The molecular weight excluding hydrogens is 264 g/mol. The van der Waals surface area contributed by atoms with Crippen molar-refractivity contribution in [3.63, 3.8) is 0 Å². The summed E-state index contributed by atoms with van der Waals surface area (Å²) in [6.07, 6.45) is -7.81. The Hall–Kier alpha value is -0.370. The van der Waals surface area contributed by atoms with Crippen LogP contribution >= 0.6 is 0 Å². The van der Waals surface area contributed by atoms with Crippen LogP contribution in [0.2, 0.25) is 0 Å². The van der Waals surface area contributed by atoms with Crippen LogP contribution in [0.25, 0.3) is 0 Å². The quantitative estimate of drug-likeness (QED) is 0.220. The van der Waals surface area contributed by atoms with E-state index >= 15 is 0 Å². The Balaban J connectivity index is 2.99. The number of aliphatic hydroxyl groups excluding tert-OH is 4. The summed E-state index contributed by atoms with van der Waals surface area (Å²) in [5, 5.41) is 46.0. The Labute approximate surface area is 95.6 Å². The van der Waals surface area contributed by atoms with Crippen molar-refractivity contribution in [3.05, 3.63) is 0 Å². The van der Waals surface area contributed by atoms with Gasteiger partial charge in [0, 0.05) is 0 Å². The lowest BCUT2D eigenvalue weighted by atomic mass is 9.98. The SMILES string of the molecule is O=S(=O)(O)O[C@]1(O)O[C@H](CO)[C@H](O)[C@H](O)[C@H]1O. The molecule has 1 heterocycles. The second-order valence-corrected chi connectivity index (χ2v) is 4.43. The third-order valence-electron chi connectivity index (χ3n) is 2.15. The zero-order valence-corrected chi connectivity index (χ0v) is 9.06. The van der Waals surface area contributed by atoms with Crippen molar-refractivity contribution in [3.8, 4) is 0 Å². The van der Waals surface area contributed by atoms with Crippen molar-refractivity contribution in [2.24, 2.45) is 0 Å². The first-order valence-electron chi connectivity index (χ1n) is 4.34. The van der Waals surface area contributed by atoms with E-state index in [-0.39, 0.29) is 0 Å². The van der Waals surface area contributed by atoms with E-state index < -0.39 is 47.4 Å². The second-order valence-electron chi connectivity index (χ2n) is 3.41. The molecular formula is C6H12O10S. The van der Waals surface area contributed by atoms with E-state index in [4.69, 9.17) is 9.66 Å². The predicted molar refractivity (Wildman–Crippen MR) is 47.6 cm³/mol. The van der Waals surface area contributed by atoms with Crippen LogP contribution in [-0.4, -0.2) is 75.5 Å². The number of ether oxygens (including phenoxy) is 1. The molecule has 6 N–H and O–H groups in total. The summed E-state index contributed by atoms with van der Waals surface area (Å²) in [5.41, 5.74) is 0. The maximum atomic E-state index is 10.4. The highest BCUT2D eigenvalue weighted by atomic mass is 32.3. The van der Waals surface area contributed by atoms with Crippen molar-refractivity contribution in [1.29, 1.82) is 0 Å². The molecule has 0 bridgehead atoms. The van der Waals surface area contributed by atoms with Crippen LogP contribution in [0.3, 0.4) is 0 Å². The molecule has 0 aromatic heterocycles. The Morgan fingerprint density at radius 2 is 1.76 bits per heavy atom. The van der Waals surface area contributed by atoms with Gasteiger partial charge in [-0.05, 0) is 0 Å². The fourth-order valence-electron chi connectivity index (χ4n) is 1.34. The van der Waals surface area contributed by atoms with Crippen LogP contribution < -0.4 is 0 Å². The van der Waals surface area contributed by atoms with Gasteiger partial charge >= 0.3 is 16.4 Å². The van der Waals surface area contributed by atoms with E-state index in [0.717, 1.165) is 0 Å². The molecule has 0 radical (unpaired) electrons. The van der Waals surface area contributed by atoms with Crippen LogP contribution in [0.15, 0.2) is 0 Å². The molecule has 0 aliphatic carbocycles. The molecule has 0 spiro atoms. The fraction of sp³-hybridized carbons (Fsp3) is 1.00. The average Bonchev–Trinajstić information content (AvgIpc) is 2.18. The molecule has 11 heteroatoms. The molecule has 0 aromatic rings. The molecule has 0 aromatic carbocycles. The summed E-state index contributed by atoms with van der Waals surface area (Å²) < 4.78 is 37.2. The number of hydrogen-bond acceptors (Lipinski definition) is 9. The minimum atomic E-state index is -5.20. The molecule has 0 amide bonds. The van der Waals surface area contributed by atoms with Gasteiger partial charge in [-0.15, -0.1) is 0 Å². The molecule has 1 saturated heterocycles. The molecule has 1 rings (SSSR count). The van der Waals surface area contributed by atoms with E-state index in [0.29, 0.717) is 0 Å². The van der Waals surface area contributed by atoms with Crippen LogP contribution in [0, 0.1) is 0 Å². The molecule has 10 nitrogen and oxygen atoms in total. The molecule has 1 aliphatic heterocycles. The van der Waals surface area contributed by atoms with Crippen LogP contribution in [-0.2, 0) is 19.3 Å². The summed E-state index contributed by atoms with van der Waals surface area (Å²) in [4.78, 5) is 0. The summed E-state index contributed by atoms with van der Waals surface area (Å²) in [7, 11) is -5.20. The van der Waals surface area contributed by atoms with Gasteiger partial charge in [0.15, 0.2) is 6.10 Å². The Morgan fingerprint density at radius 1 is 1.24 bits per heavy atom. The monoisotopic (exact) mass is 276 g/mol. The summed E-state index contributed by atoms with van der Waals surface area (Å²) in [6.45, 7) is -0.901. The highest BCUT2D eigenvalue weighted by Crippen LogP contribution is 2.30. The first kappa shape index (κ1) is 14.7. The normalized spacial score (nSPS) is 43.6. The van der Waals surface area contributed by atoms with E-state index in [2.05, 4.69) is 8.92 Å². The lowest BCUT2D eigenvalue weighted by Gasteiger charge is -2.43. The topological polar surface area (TPSA) is 174 Å².